The third-order valence-corrected chi connectivity index (χ3v) is 4.27. The Hall–Kier alpha value is -2.84. The second-order valence-corrected chi connectivity index (χ2v) is 6.01. The van der Waals surface area contributed by atoms with E-state index in [0.29, 0.717) is 23.2 Å². The number of amides is 1. The number of fused-ring (bicyclic) bond motifs is 1. The summed E-state index contributed by atoms with van der Waals surface area (Å²) in [6.07, 6.45) is -0.0551. The molecule has 1 atom stereocenters. The van der Waals surface area contributed by atoms with Crippen molar-refractivity contribution in [2.45, 2.75) is 31.7 Å². The van der Waals surface area contributed by atoms with Gasteiger partial charge in [0.1, 0.15) is 6.04 Å². The molecule has 0 spiro atoms. The average Bonchev–Trinajstić information content (AvgIpc) is 3.29. The fraction of sp³-hybridized carbons (Fsp3) is 0.375. The van der Waals surface area contributed by atoms with Crippen LogP contribution in [0.5, 0.6) is 0 Å². The molecule has 1 N–H and O–H groups in total. The lowest BCUT2D eigenvalue weighted by molar-refractivity contribution is 0.0116. The van der Waals surface area contributed by atoms with Crippen molar-refractivity contribution in [3.05, 3.63) is 41.7 Å². The molecule has 0 aliphatic carbocycles. The van der Waals surface area contributed by atoms with Gasteiger partial charge in [-0.3, -0.25) is 9.89 Å². The molecule has 1 aliphatic rings. The van der Waals surface area contributed by atoms with Crippen LogP contribution in [-0.2, 0) is 6.42 Å². The number of nitrogens with zero attached hydrogens (tertiary/aromatic N) is 4. The van der Waals surface area contributed by atoms with E-state index in [1.54, 1.807) is 24.3 Å². The minimum absolute atomic E-state index is 0.0298. The number of H-pyrrole nitrogens is 1. The molecule has 25 heavy (non-hydrogen) atoms. The first-order valence-electron chi connectivity index (χ1n) is 7.92. The number of carbonyl (C=O) groups is 1. The van der Waals surface area contributed by atoms with Crippen LogP contribution in [0.1, 0.15) is 41.7 Å². The van der Waals surface area contributed by atoms with E-state index in [1.807, 2.05) is 6.92 Å². The number of benzene rings is 1. The number of hydrogen-bond acceptors (Lipinski definition) is 5. The van der Waals surface area contributed by atoms with E-state index in [4.69, 9.17) is 4.42 Å². The predicted molar refractivity (Wildman–Crippen MR) is 83.1 cm³/mol. The van der Waals surface area contributed by atoms with E-state index in [2.05, 4.69) is 20.4 Å². The maximum absolute atomic E-state index is 14.0. The van der Waals surface area contributed by atoms with Gasteiger partial charge in [-0.05, 0) is 6.07 Å². The molecule has 1 aliphatic heterocycles. The highest BCUT2D eigenvalue weighted by Crippen LogP contribution is 2.41. The Morgan fingerprint density at radius 2 is 2.20 bits per heavy atom. The number of aromatic amines is 1. The number of likely N-dealkylation sites (tertiary alicyclic amines) is 1. The second-order valence-electron chi connectivity index (χ2n) is 6.01. The zero-order chi connectivity index (χ0) is 17.6. The quantitative estimate of drug-likeness (QED) is 0.787. The number of hydrogen-bond donors (Lipinski definition) is 1. The topological polar surface area (TPSA) is 87.9 Å². The maximum atomic E-state index is 14.0. The highest BCUT2D eigenvalue weighted by molar-refractivity contribution is 6.04. The molecule has 1 saturated heterocycles. The third kappa shape index (κ3) is 2.65. The first-order chi connectivity index (χ1) is 12.0. The molecule has 1 amide bonds. The monoisotopic (exact) mass is 347 g/mol. The molecular formula is C16H15F2N5O2. The van der Waals surface area contributed by atoms with E-state index < -0.39 is 30.8 Å². The van der Waals surface area contributed by atoms with Crippen molar-refractivity contribution in [3.8, 4) is 0 Å². The van der Waals surface area contributed by atoms with Crippen molar-refractivity contribution in [2.24, 2.45) is 0 Å². The number of carbonyl (C=O) groups excluding carboxylic acids is 1. The third-order valence-electron chi connectivity index (χ3n) is 4.27. The molecule has 0 unspecified atom stereocenters. The van der Waals surface area contributed by atoms with Gasteiger partial charge < -0.3 is 9.32 Å². The first kappa shape index (κ1) is 15.7. The minimum Gasteiger partial charge on any atom is -0.423 e. The lowest BCUT2D eigenvalue weighted by Gasteiger charge is -2.20. The molecule has 7 nitrogen and oxygen atoms in total. The summed E-state index contributed by atoms with van der Waals surface area (Å²) in [6, 6.07) is 6.08. The molecule has 3 heterocycles. The van der Waals surface area contributed by atoms with Gasteiger partial charge in [-0.25, -0.2) is 8.78 Å². The van der Waals surface area contributed by atoms with Crippen LogP contribution >= 0.6 is 0 Å². The van der Waals surface area contributed by atoms with Gasteiger partial charge in [-0.15, -0.1) is 10.2 Å². The van der Waals surface area contributed by atoms with E-state index in [-0.39, 0.29) is 11.6 Å². The van der Waals surface area contributed by atoms with E-state index in [1.165, 1.54) is 0 Å². The van der Waals surface area contributed by atoms with Crippen LogP contribution in [0.2, 0.25) is 0 Å². The number of aromatic nitrogens is 4. The van der Waals surface area contributed by atoms with Crippen LogP contribution in [0.25, 0.3) is 10.9 Å². The van der Waals surface area contributed by atoms with Gasteiger partial charge in [0.05, 0.1) is 12.1 Å². The highest BCUT2D eigenvalue weighted by Gasteiger charge is 2.50. The van der Waals surface area contributed by atoms with Gasteiger partial charge in [0.15, 0.2) is 5.69 Å². The van der Waals surface area contributed by atoms with Gasteiger partial charge in [0, 0.05) is 18.2 Å². The zero-order valence-electron chi connectivity index (χ0n) is 13.4. The Kier molecular flexibility index (Phi) is 3.52. The van der Waals surface area contributed by atoms with Crippen LogP contribution < -0.4 is 0 Å². The molecule has 9 heteroatoms. The number of aryl methyl sites for hydroxylation is 1. The molecular weight excluding hydrogens is 332 g/mol. The Labute approximate surface area is 141 Å². The van der Waals surface area contributed by atoms with Crippen molar-refractivity contribution >= 4 is 16.8 Å². The number of rotatable bonds is 3. The number of alkyl halides is 2. The Morgan fingerprint density at radius 1 is 1.40 bits per heavy atom. The highest BCUT2D eigenvalue weighted by atomic mass is 19.3. The number of nitrogens with one attached hydrogen (secondary N) is 1. The summed E-state index contributed by atoms with van der Waals surface area (Å²) >= 11 is 0. The average molecular weight is 347 g/mol. The first-order valence-corrected chi connectivity index (χ1v) is 7.92. The fourth-order valence-corrected chi connectivity index (χ4v) is 3.06. The number of halogens is 2. The van der Waals surface area contributed by atoms with Crippen molar-refractivity contribution in [1.29, 1.82) is 0 Å². The van der Waals surface area contributed by atoms with E-state index in [0.717, 1.165) is 4.90 Å². The van der Waals surface area contributed by atoms with Gasteiger partial charge in [-0.1, -0.05) is 25.1 Å². The summed E-state index contributed by atoms with van der Waals surface area (Å²) in [5, 5.41) is 15.0. The van der Waals surface area contributed by atoms with Crippen LogP contribution in [0.4, 0.5) is 8.78 Å². The number of para-hydroxylation sites is 1. The normalized spacial score (nSPS) is 19.6. The molecule has 0 saturated carbocycles. The van der Waals surface area contributed by atoms with Crippen LogP contribution in [-0.4, -0.2) is 43.7 Å². The van der Waals surface area contributed by atoms with Crippen molar-refractivity contribution < 1.29 is 18.0 Å². The zero-order valence-corrected chi connectivity index (χ0v) is 13.4. The summed E-state index contributed by atoms with van der Waals surface area (Å²) in [5.41, 5.74) is 0.771. The lowest BCUT2D eigenvalue weighted by atomic mass is 10.1. The molecule has 130 valence electrons. The van der Waals surface area contributed by atoms with Crippen molar-refractivity contribution in [2.75, 3.05) is 6.54 Å². The Morgan fingerprint density at radius 3 is 2.96 bits per heavy atom. The predicted octanol–water partition coefficient (Wildman–Crippen LogP) is 2.73. The van der Waals surface area contributed by atoms with Gasteiger partial charge in [-0.2, -0.15) is 5.10 Å². The summed E-state index contributed by atoms with van der Waals surface area (Å²) in [6.45, 7) is 1.11. The molecule has 4 rings (SSSR count). The second kappa shape index (κ2) is 5.61. The van der Waals surface area contributed by atoms with Gasteiger partial charge in [0.2, 0.25) is 11.8 Å². The molecule has 1 aromatic carbocycles. The molecule has 3 aromatic rings. The van der Waals surface area contributed by atoms with E-state index in [9.17, 15) is 13.6 Å². The van der Waals surface area contributed by atoms with Crippen molar-refractivity contribution in [3.63, 3.8) is 0 Å². The van der Waals surface area contributed by atoms with Crippen LogP contribution in [0.15, 0.2) is 28.7 Å². The van der Waals surface area contributed by atoms with E-state index >= 15 is 0 Å². The summed E-state index contributed by atoms with van der Waals surface area (Å²) in [7, 11) is 0. The Bertz CT molecular complexity index is 935. The molecule has 0 radical (unpaired) electrons. The van der Waals surface area contributed by atoms with Crippen LogP contribution in [0, 0.1) is 0 Å². The summed E-state index contributed by atoms with van der Waals surface area (Å²) < 4.78 is 33.5. The molecule has 2 aromatic heterocycles. The summed E-state index contributed by atoms with van der Waals surface area (Å²) in [4.78, 5) is 14.0. The SMILES string of the molecule is CCc1nnc([C@@H]2CC(F)(F)CN2C(=O)c2n[nH]c3ccccc23)o1. The smallest absolute Gasteiger partial charge is 0.275 e. The van der Waals surface area contributed by atoms with Crippen LogP contribution in [0.3, 0.4) is 0 Å². The van der Waals surface area contributed by atoms with Gasteiger partial charge >= 0.3 is 0 Å². The van der Waals surface area contributed by atoms with Crippen molar-refractivity contribution in [1.82, 2.24) is 25.3 Å². The molecule has 0 bridgehead atoms. The largest absolute Gasteiger partial charge is 0.423 e. The van der Waals surface area contributed by atoms with Gasteiger partial charge in [0.25, 0.3) is 11.8 Å². The minimum atomic E-state index is -3.02. The fourth-order valence-electron chi connectivity index (χ4n) is 3.06. The lowest BCUT2D eigenvalue weighted by Crippen LogP contribution is -2.33. The maximum Gasteiger partial charge on any atom is 0.275 e. The molecule has 1 fully saturated rings. The standard InChI is InChI=1S/C16H15F2N5O2/c1-2-12-20-22-14(25-12)11-7-16(17,18)8-23(11)15(24)13-9-5-3-4-6-10(9)19-21-13/h3-6,11H,2,7-8H2,1H3,(H,19,21)/t11-/m0/s1. The Balaban J connectivity index is 1.72. The summed E-state index contributed by atoms with van der Waals surface area (Å²) in [5.74, 6) is -3.23.